The number of piperazine rings is 1. The summed E-state index contributed by atoms with van der Waals surface area (Å²) in [7, 11) is -1.84. The molecular weight excluding hydrogens is 384 g/mol. The second-order valence-corrected chi connectivity index (χ2v) is 9.53. The summed E-state index contributed by atoms with van der Waals surface area (Å²) in [5.41, 5.74) is 1.70. The molecule has 0 spiro atoms. The van der Waals surface area contributed by atoms with Crippen LogP contribution in [0.5, 0.6) is 0 Å². The predicted octanol–water partition coefficient (Wildman–Crippen LogP) is 2.07. The standard InChI is InChI=1S/C19H24N2O4S2/c1-25-12-14-27(23,24)21-10-8-20(9-11-21)19(22)18-7-3-2-5-16(18)15-17-6-4-13-26-17/h2-7,13H,8-12,14-15H2,1H3. The van der Waals surface area contributed by atoms with E-state index in [2.05, 4.69) is 6.07 Å². The number of amides is 1. The Hall–Kier alpha value is -1.74. The number of ether oxygens (including phenoxy) is 1. The summed E-state index contributed by atoms with van der Waals surface area (Å²) in [5.74, 6) is -0.0581. The van der Waals surface area contributed by atoms with E-state index < -0.39 is 10.0 Å². The van der Waals surface area contributed by atoms with Gasteiger partial charge in [0.15, 0.2) is 0 Å². The Bertz CT molecular complexity index is 858. The Kier molecular flexibility index (Phi) is 6.64. The molecule has 0 saturated carbocycles. The zero-order chi connectivity index (χ0) is 19.3. The van der Waals surface area contributed by atoms with E-state index in [0.29, 0.717) is 31.7 Å². The molecule has 1 aliphatic heterocycles. The van der Waals surface area contributed by atoms with E-state index in [9.17, 15) is 13.2 Å². The lowest BCUT2D eigenvalue weighted by atomic mass is 10.0. The largest absolute Gasteiger partial charge is 0.384 e. The van der Waals surface area contributed by atoms with Crippen molar-refractivity contribution in [1.29, 1.82) is 0 Å². The van der Waals surface area contributed by atoms with Gasteiger partial charge in [0.05, 0.1) is 12.4 Å². The topological polar surface area (TPSA) is 66.9 Å². The minimum Gasteiger partial charge on any atom is -0.384 e. The fourth-order valence-corrected chi connectivity index (χ4v) is 5.22. The summed E-state index contributed by atoms with van der Waals surface area (Å²) in [6.45, 7) is 1.63. The van der Waals surface area contributed by atoms with Crippen LogP contribution in [-0.2, 0) is 21.2 Å². The first-order valence-corrected chi connectivity index (χ1v) is 11.4. The fraction of sp³-hybridized carbons (Fsp3) is 0.421. The van der Waals surface area contributed by atoms with Crippen molar-refractivity contribution in [2.24, 2.45) is 0 Å². The molecule has 1 aliphatic rings. The maximum atomic E-state index is 13.0. The smallest absolute Gasteiger partial charge is 0.254 e. The Balaban J connectivity index is 1.66. The van der Waals surface area contributed by atoms with Gasteiger partial charge in [-0.05, 0) is 23.1 Å². The van der Waals surface area contributed by atoms with E-state index in [1.165, 1.54) is 16.3 Å². The van der Waals surface area contributed by atoms with Crippen LogP contribution in [0, 0.1) is 0 Å². The van der Waals surface area contributed by atoms with Crippen molar-refractivity contribution in [1.82, 2.24) is 9.21 Å². The van der Waals surface area contributed by atoms with Gasteiger partial charge >= 0.3 is 0 Å². The molecule has 0 N–H and O–H groups in total. The number of thiophene rings is 1. The quantitative estimate of drug-likeness (QED) is 0.704. The van der Waals surface area contributed by atoms with Crippen molar-refractivity contribution in [3.8, 4) is 0 Å². The first-order valence-electron chi connectivity index (χ1n) is 8.87. The molecule has 2 heterocycles. The lowest BCUT2D eigenvalue weighted by Gasteiger charge is -2.34. The molecule has 0 bridgehead atoms. The Morgan fingerprint density at radius 3 is 2.52 bits per heavy atom. The molecule has 0 radical (unpaired) electrons. The molecule has 6 nitrogen and oxygen atoms in total. The van der Waals surface area contributed by atoms with Crippen LogP contribution >= 0.6 is 11.3 Å². The normalized spacial score (nSPS) is 15.8. The molecule has 1 saturated heterocycles. The third kappa shape index (κ3) is 4.95. The van der Waals surface area contributed by atoms with Crippen LogP contribution in [0.15, 0.2) is 41.8 Å². The highest BCUT2D eigenvalue weighted by Crippen LogP contribution is 2.20. The van der Waals surface area contributed by atoms with Crippen LogP contribution in [0.25, 0.3) is 0 Å². The molecule has 0 aliphatic carbocycles. The number of nitrogens with zero attached hydrogens (tertiary/aromatic N) is 2. The SMILES string of the molecule is COCCS(=O)(=O)N1CCN(C(=O)c2ccccc2Cc2cccs2)CC1. The number of hydrogen-bond acceptors (Lipinski definition) is 5. The molecule has 27 heavy (non-hydrogen) atoms. The van der Waals surface area contributed by atoms with Gasteiger partial charge in [-0.25, -0.2) is 8.42 Å². The molecule has 1 fully saturated rings. The number of sulfonamides is 1. The predicted molar refractivity (Wildman–Crippen MR) is 107 cm³/mol. The highest BCUT2D eigenvalue weighted by atomic mass is 32.2. The maximum absolute atomic E-state index is 13.0. The Labute approximate surface area is 164 Å². The summed E-state index contributed by atoms with van der Waals surface area (Å²) in [4.78, 5) is 16.0. The third-order valence-electron chi connectivity index (χ3n) is 4.66. The number of carbonyl (C=O) groups is 1. The molecule has 0 atom stereocenters. The lowest BCUT2D eigenvalue weighted by molar-refractivity contribution is 0.0696. The van der Waals surface area contributed by atoms with Crippen LogP contribution in [0.3, 0.4) is 0 Å². The second kappa shape index (κ2) is 8.97. The van der Waals surface area contributed by atoms with E-state index in [1.807, 2.05) is 35.7 Å². The molecule has 1 amide bonds. The van der Waals surface area contributed by atoms with Gasteiger partial charge in [-0.1, -0.05) is 24.3 Å². The molecule has 1 aromatic heterocycles. The summed E-state index contributed by atoms with van der Waals surface area (Å²) in [6, 6.07) is 11.7. The van der Waals surface area contributed by atoms with E-state index in [0.717, 1.165) is 12.0 Å². The molecule has 3 rings (SSSR count). The molecule has 0 unspecified atom stereocenters. The van der Waals surface area contributed by atoms with Crippen LogP contribution in [0.4, 0.5) is 0 Å². The van der Waals surface area contributed by atoms with E-state index in [4.69, 9.17) is 4.74 Å². The zero-order valence-corrected chi connectivity index (χ0v) is 17.0. The van der Waals surface area contributed by atoms with Gasteiger partial charge in [-0.15, -0.1) is 11.3 Å². The third-order valence-corrected chi connectivity index (χ3v) is 7.37. The number of benzene rings is 1. The number of carbonyl (C=O) groups excluding carboxylic acids is 1. The minimum atomic E-state index is -3.33. The number of rotatable bonds is 7. The average Bonchev–Trinajstić information content (AvgIpc) is 3.19. The van der Waals surface area contributed by atoms with Crippen LogP contribution in [-0.4, -0.2) is 69.2 Å². The monoisotopic (exact) mass is 408 g/mol. The van der Waals surface area contributed by atoms with Gasteiger partial charge in [0.2, 0.25) is 10.0 Å². The zero-order valence-electron chi connectivity index (χ0n) is 15.3. The molecule has 2 aromatic rings. The first kappa shape index (κ1) is 20.0. The second-order valence-electron chi connectivity index (χ2n) is 6.41. The molecule has 1 aromatic carbocycles. The van der Waals surface area contributed by atoms with Gasteiger partial charge in [-0.3, -0.25) is 4.79 Å². The van der Waals surface area contributed by atoms with E-state index in [1.54, 1.807) is 16.2 Å². The van der Waals surface area contributed by atoms with Crippen molar-refractivity contribution in [2.75, 3.05) is 45.6 Å². The summed E-state index contributed by atoms with van der Waals surface area (Å²) in [5, 5.41) is 2.03. The molecule has 146 valence electrons. The van der Waals surface area contributed by atoms with Gasteiger partial charge in [0.1, 0.15) is 0 Å². The van der Waals surface area contributed by atoms with Gasteiger partial charge in [0, 0.05) is 50.2 Å². The highest BCUT2D eigenvalue weighted by molar-refractivity contribution is 7.89. The maximum Gasteiger partial charge on any atom is 0.254 e. The highest BCUT2D eigenvalue weighted by Gasteiger charge is 2.29. The number of hydrogen-bond donors (Lipinski definition) is 0. The van der Waals surface area contributed by atoms with Crippen LogP contribution in [0.2, 0.25) is 0 Å². The van der Waals surface area contributed by atoms with Gasteiger partial charge < -0.3 is 9.64 Å². The van der Waals surface area contributed by atoms with Crippen LogP contribution < -0.4 is 0 Å². The molecule has 8 heteroatoms. The lowest BCUT2D eigenvalue weighted by Crippen LogP contribution is -2.51. The van der Waals surface area contributed by atoms with Crippen molar-refractivity contribution < 1.29 is 17.9 Å². The average molecular weight is 409 g/mol. The first-order chi connectivity index (χ1) is 13.0. The van der Waals surface area contributed by atoms with Crippen molar-refractivity contribution in [3.05, 3.63) is 57.8 Å². The minimum absolute atomic E-state index is 0.0267. The van der Waals surface area contributed by atoms with Gasteiger partial charge in [-0.2, -0.15) is 4.31 Å². The van der Waals surface area contributed by atoms with Crippen molar-refractivity contribution in [3.63, 3.8) is 0 Å². The Morgan fingerprint density at radius 2 is 1.85 bits per heavy atom. The van der Waals surface area contributed by atoms with E-state index in [-0.39, 0.29) is 18.3 Å². The Morgan fingerprint density at radius 1 is 1.11 bits per heavy atom. The van der Waals surface area contributed by atoms with Gasteiger partial charge in [0.25, 0.3) is 5.91 Å². The van der Waals surface area contributed by atoms with Crippen molar-refractivity contribution >= 4 is 27.3 Å². The summed E-state index contributed by atoms with van der Waals surface area (Å²) >= 11 is 1.67. The van der Waals surface area contributed by atoms with E-state index >= 15 is 0 Å². The summed E-state index contributed by atoms with van der Waals surface area (Å²) < 4.78 is 30.9. The molecular formula is C19H24N2O4S2. The fourth-order valence-electron chi connectivity index (χ4n) is 3.14. The summed E-state index contributed by atoms with van der Waals surface area (Å²) in [6.07, 6.45) is 0.727. The van der Waals surface area contributed by atoms with Crippen LogP contribution in [0.1, 0.15) is 20.8 Å². The van der Waals surface area contributed by atoms with Crippen molar-refractivity contribution in [2.45, 2.75) is 6.42 Å². The number of methoxy groups -OCH3 is 1.